The fraction of sp³-hybridized carbons (Fsp3) is 0. The lowest BCUT2D eigenvalue weighted by molar-refractivity contribution is 0.487. The maximum Gasteiger partial charge on any atom is 0.135 e. The summed E-state index contributed by atoms with van der Waals surface area (Å²) in [6.07, 6.45) is 0. The van der Waals surface area contributed by atoms with Crippen LogP contribution in [0.5, 0.6) is 11.5 Å². The van der Waals surface area contributed by atoms with Gasteiger partial charge in [0.25, 0.3) is 0 Å². The second-order valence-corrected chi connectivity index (χ2v) is 9.37. The molecular formula is C34H20O2. The molecule has 6 aromatic carbocycles. The molecule has 1 aliphatic rings. The zero-order valence-corrected chi connectivity index (χ0v) is 19.4. The molecule has 8 rings (SSSR count). The van der Waals surface area contributed by atoms with E-state index in [0.29, 0.717) is 0 Å². The first-order valence-corrected chi connectivity index (χ1v) is 12.2. The zero-order valence-electron chi connectivity index (χ0n) is 19.4. The summed E-state index contributed by atoms with van der Waals surface area (Å²) >= 11 is 0. The molecule has 1 aromatic heterocycles. The molecule has 2 heterocycles. The van der Waals surface area contributed by atoms with Gasteiger partial charge in [-0.25, -0.2) is 0 Å². The molecule has 0 amide bonds. The van der Waals surface area contributed by atoms with Crippen molar-refractivity contribution >= 4 is 32.7 Å². The number of benzene rings is 6. The van der Waals surface area contributed by atoms with E-state index in [0.717, 1.165) is 39.0 Å². The minimum absolute atomic E-state index is 0.907. The fourth-order valence-electron chi connectivity index (χ4n) is 5.54. The molecule has 168 valence electrons. The first kappa shape index (κ1) is 19.5. The highest BCUT2D eigenvalue weighted by atomic mass is 16.5. The lowest BCUT2D eigenvalue weighted by Gasteiger charge is -2.22. The van der Waals surface area contributed by atoms with E-state index in [1.54, 1.807) is 0 Å². The highest BCUT2D eigenvalue weighted by Gasteiger charge is 2.20. The summed E-state index contributed by atoms with van der Waals surface area (Å²) in [6.45, 7) is 0. The lowest BCUT2D eigenvalue weighted by Crippen LogP contribution is -1.97. The summed E-state index contributed by atoms with van der Waals surface area (Å²) in [6, 6.07) is 42.6. The van der Waals surface area contributed by atoms with E-state index in [9.17, 15) is 0 Å². The summed E-state index contributed by atoms with van der Waals surface area (Å²) in [5.41, 5.74) is 8.95. The molecule has 0 aliphatic carbocycles. The van der Waals surface area contributed by atoms with Crippen molar-refractivity contribution < 1.29 is 9.15 Å². The average molecular weight is 461 g/mol. The van der Waals surface area contributed by atoms with Gasteiger partial charge in [-0.15, -0.1) is 0 Å². The van der Waals surface area contributed by atoms with Crippen LogP contribution >= 0.6 is 0 Å². The number of para-hydroxylation sites is 2. The molecule has 0 bridgehead atoms. The topological polar surface area (TPSA) is 22.4 Å². The number of hydrogen-bond donors (Lipinski definition) is 0. The Hall–Kier alpha value is -4.82. The van der Waals surface area contributed by atoms with Crippen molar-refractivity contribution in [2.24, 2.45) is 0 Å². The summed E-state index contributed by atoms with van der Waals surface area (Å²) in [7, 11) is 0. The maximum atomic E-state index is 6.22. The number of rotatable bonds is 2. The molecule has 0 saturated heterocycles. The van der Waals surface area contributed by atoms with Gasteiger partial charge in [0.15, 0.2) is 0 Å². The highest BCUT2D eigenvalue weighted by Crippen LogP contribution is 2.48. The van der Waals surface area contributed by atoms with Crippen molar-refractivity contribution in [3.63, 3.8) is 0 Å². The van der Waals surface area contributed by atoms with E-state index in [1.807, 2.05) is 24.3 Å². The van der Waals surface area contributed by atoms with E-state index in [1.165, 1.54) is 38.6 Å². The van der Waals surface area contributed by atoms with Crippen LogP contribution < -0.4 is 4.74 Å². The minimum atomic E-state index is 0.907. The number of furan rings is 1. The summed E-state index contributed by atoms with van der Waals surface area (Å²) in [5.74, 6) is 1.83. The van der Waals surface area contributed by atoms with E-state index < -0.39 is 0 Å². The number of fused-ring (bicyclic) bond motifs is 5. The van der Waals surface area contributed by atoms with E-state index in [2.05, 4.69) is 97.1 Å². The average Bonchev–Trinajstić information content (AvgIpc) is 3.31. The van der Waals surface area contributed by atoms with Crippen LogP contribution in [0.1, 0.15) is 0 Å². The maximum absolute atomic E-state index is 6.22. The molecule has 1 aliphatic heterocycles. The molecule has 0 saturated carbocycles. The number of hydrogen-bond acceptors (Lipinski definition) is 2. The van der Waals surface area contributed by atoms with Crippen molar-refractivity contribution in [2.75, 3.05) is 0 Å². The molecule has 0 spiro atoms. The Morgan fingerprint density at radius 3 is 2.14 bits per heavy atom. The molecular weight excluding hydrogens is 440 g/mol. The Morgan fingerprint density at radius 2 is 1.17 bits per heavy atom. The van der Waals surface area contributed by atoms with Gasteiger partial charge in [-0.1, -0.05) is 72.8 Å². The van der Waals surface area contributed by atoms with Crippen LogP contribution in [0, 0.1) is 0 Å². The quantitative estimate of drug-likeness (QED) is 0.256. The van der Waals surface area contributed by atoms with Gasteiger partial charge in [0.05, 0.1) is 0 Å². The van der Waals surface area contributed by atoms with Gasteiger partial charge in [-0.2, -0.15) is 0 Å². The van der Waals surface area contributed by atoms with Crippen LogP contribution in [0.2, 0.25) is 0 Å². The van der Waals surface area contributed by atoms with Crippen molar-refractivity contribution in [3.8, 4) is 44.9 Å². The SMILES string of the molecule is c1cc(-c2cc3c4c(cccc4c2)Oc2ccccc2-3)cc(-c2ccc3oc4ccccc4c3c2)c1. The predicted octanol–water partition coefficient (Wildman–Crippen LogP) is 9.85. The van der Waals surface area contributed by atoms with Crippen molar-refractivity contribution in [1.29, 1.82) is 0 Å². The smallest absolute Gasteiger partial charge is 0.135 e. The third-order valence-electron chi connectivity index (χ3n) is 7.24. The van der Waals surface area contributed by atoms with Crippen molar-refractivity contribution in [3.05, 3.63) is 121 Å². The molecule has 0 N–H and O–H groups in total. The molecule has 0 fully saturated rings. The molecule has 0 unspecified atom stereocenters. The van der Waals surface area contributed by atoms with Gasteiger partial charge >= 0.3 is 0 Å². The third kappa shape index (κ3) is 2.85. The van der Waals surface area contributed by atoms with Crippen LogP contribution in [0.4, 0.5) is 0 Å². The summed E-state index contributed by atoms with van der Waals surface area (Å²) in [5, 5.41) is 4.66. The summed E-state index contributed by atoms with van der Waals surface area (Å²) < 4.78 is 12.3. The van der Waals surface area contributed by atoms with Gasteiger partial charge in [0.2, 0.25) is 0 Å². The molecule has 2 nitrogen and oxygen atoms in total. The van der Waals surface area contributed by atoms with Crippen molar-refractivity contribution in [2.45, 2.75) is 0 Å². The second kappa shape index (κ2) is 7.34. The Balaban J connectivity index is 1.30. The zero-order chi connectivity index (χ0) is 23.6. The normalized spacial score (nSPS) is 12.1. The third-order valence-corrected chi connectivity index (χ3v) is 7.24. The highest BCUT2D eigenvalue weighted by molar-refractivity contribution is 6.07. The monoisotopic (exact) mass is 460 g/mol. The van der Waals surface area contributed by atoms with Crippen LogP contribution in [-0.4, -0.2) is 0 Å². The van der Waals surface area contributed by atoms with Crippen LogP contribution in [0.3, 0.4) is 0 Å². The minimum Gasteiger partial charge on any atom is -0.456 e. The number of ether oxygens (including phenoxy) is 1. The van der Waals surface area contributed by atoms with Crippen LogP contribution in [-0.2, 0) is 0 Å². The molecule has 2 heteroatoms. The molecule has 0 radical (unpaired) electrons. The van der Waals surface area contributed by atoms with Crippen molar-refractivity contribution in [1.82, 2.24) is 0 Å². The Bertz CT molecular complexity index is 1980. The van der Waals surface area contributed by atoms with Crippen LogP contribution in [0.15, 0.2) is 126 Å². The Kier molecular flexibility index (Phi) is 3.97. The standard InChI is InChI=1S/C34H20O2/c1-3-12-30-26(10-1)28-19-23(15-16-32(28)35-30)21-7-5-8-22(17-21)25-18-24-9-6-14-33-34(24)29(20-25)27-11-2-4-13-31(27)36-33/h1-20H. The summed E-state index contributed by atoms with van der Waals surface area (Å²) in [4.78, 5) is 0. The first-order chi connectivity index (χ1) is 17.8. The van der Waals surface area contributed by atoms with E-state index in [-0.39, 0.29) is 0 Å². The predicted molar refractivity (Wildman–Crippen MR) is 148 cm³/mol. The molecule has 7 aromatic rings. The van der Waals surface area contributed by atoms with Gasteiger partial charge < -0.3 is 9.15 Å². The van der Waals surface area contributed by atoms with E-state index in [4.69, 9.17) is 9.15 Å². The van der Waals surface area contributed by atoms with E-state index >= 15 is 0 Å². The van der Waals surface area contributed by atoms with Gasteiger partial charge in [0.1, 0.15) is 22.7 Å². The van der Waals surface area contributed by atoms with Gasteiger partial charge in [0, 0.05) is 21.7 Å². The molecule has 0 atom stereocenters. The van der Waals surface area contributed by atoms with Crippen LogP contribution in [0.25, 0.3) is 66.1 Å². The molecule has 36 heavy (non-hydrogen) atoms. The Labute approximate surface area is 208 Å². The first-order valence-electron chi connectivity index (χ1n) is 12.2. The lowest BCUT2D eigenvalue weighted by atomic mass is 9.90. The fourth-order valence-corrected chi connectivity index (χ4v) is 5.54. The van der Waals surface area contributed by atoms with Gasteiger partial charge in [-0.3, -0.25) is 0 Å². The second-order valence-electron chi connectivity index (χ2n) is 9.37. The Morgan fingerprint density at radius 1 is 0.417 bits per heavy atom. The van der Waals surface area contributed by atoms with Gasteiger partial charge in [-0.05, 0) is 81.7 Å². The largest absolute Gasteiger partial charge is 0.456 e.